The lowest BCUT2D eigenvalue weighted by Crippen LogP contribution is -2.46. The van der Waals surface area contributed by atoms with Gasteiger partial charge in [-0.2, -0.15) is 0 Å². The number of aromatic nitrogens is 2. The van der Waals surface area contributed by atoms with E-state index in [-0.39, 0.29) is 12.3 Å². The Kier molecular flexibility index (Phi) is 4.80. The van der Waals surface area contributed by atoms with Crippen LogP contribution in [0.3, 0.4) is 0 Å². The Hall–Kier alpha value is -1.47. The van der Waals surface area contributed by atoms with Gasteiger partial charge in [0.1, 0.15) is 0 Å². The average molecular weight is 350 g/mol. The van der Waals surface area contributed by atoms with E-state index in [1.54, 1.807) is 0 Å². The second-order valence-electron chi connectivity index (χ2n) is 6.12. The first-order chi connectivity index (χ1) is 11.8. The first kappa shape index (κ1) is 16.0. The molecule has 4 rings (SSSR count). The van der Waals surface area contributed by atoms with Crippen molar-refractivity contribution in [3.05, 3.63) is 35.2 Å². The van der Waals surface area contributed by atoms with Crippen LogP contribution in [-0.2, 0) is 16.0 Å². The summed E-state index contributed by atoms with van der Waals surface area (Å²) in [5.41, 5.74) is 0.760. The number of piperidine rings is 1. The number of rotatable bonds is 4. The summed E-state index contributed by atoms with van der Waals surface area (Å²) in [5, 5.41) is 8.94. The minimum atomic E-state index is -0.142. The zero-order valence-electron chi connectivity index (χ0n) is 13.4. The van der Waals surface area contributed by atoms with Gasteiger partial charge in [-0.3, -0.25) is 4.90 Å². The lowest BCUT2D eigenvalue weighted by molar-refractivity contribution is -0.112. The number of hydrogen-bond acceptors (Lipinski definition) is 6. The van der Waals surface area contributed by atoms with Crippen molar-refractivity contribution in [3.63, 3.8) is 0 Å². The molecule has 2 aliphatic heterocycles. The number of likely N-dealkylation sites (tertiary alicyclic amines) is 1. The third-order valence-electron chi connectivity index (χ3n) is 4.54. The number of hydrogen-bond donors (Lipinski definition) is 0. The Labute approximate surface area is 145 Å². The Morgan fingerprint density at radius 1 is 1.12 bits per heavy atom. The highest BCUT2D eigenvalue weighted by atomic mass is 35.5. The maximum Gasteiger partial charge on any atom is 0.249 e. The Morgan fingerprint density at radius 3 is 2.79 bits per heavy atom. The van der Waals surface area contributed by atoms with Gasteiger partial charge in [-0.25, -0.2) is 0 Å². The molecule has 128 valence electrons. The molecule has 1 atom stereocenters. The standard InChI is InChI=1S/C17H20ClN3O3/c18-13-6-2-1-5-12(13)16-20-19-15(24-16)11-21-8-4-3-7-14(21)17-22-9-10-23-17/h1-2,5-6,14,17H,3-4,7-11H2. The van der Waals surface area contributed by atoms with E-state index in [9.17, 15) is 0 Å². The van der Waals surface area contributed by atoms with Crippen LogP contribution in [0.15, 0.2) is 28.7 Å². The van der Waals surface area contributed by atoms with Gasteiger partial charge in [0, 0.05) is 0 Å². The molecule has 0 bridgehead atoms. The molecule has 0 aliphatic carbocycles. The maximum atomic E-state index is 6.20. The van der Waals surface area contributed by atoms with Crippen molar-refractivity contribution in [1.29, 1.82) is 0 Å². The molecule has 2 aromatic rings. The second-order valence-corrected chi connectivity index (χ2v) is 6.53. The zero-order valence-corrected chi connectivity index (χ0v) is 14.1. The highest BCUT2D eigenvalue weighted by Gasteiger charge is 2.34. The molecule has 0 spiro atoms. The van der Waals surface area contributed by atoms with E-state index in [0.717, 1.165) is 24.9 Å². The van der Waals surface area contributed by atoms with Gasteiger partial charge < -0.3 is 13.9 Å². The molecule has 0 radical (unpaired) electrons. The first-order valence-corrected chi connectivity index (χ1v) is 8.73. The van der Waals surface area contributed by atoms with Crippen LogP contribution in [0.1, 0.15) is 25.2 Å². The van der Waals surface area contributed by atoms with Crippen LogP contribution in [0.25, 0.3) is 11.5 Å². The van der Waals surface area contributed by atoms with Crippen LogP contribution in [0.5, 0.6) is 0 Å². The molecule has 3 heterocycles. The van der Waals surface area contributed by atoms with Gasteiger partial charge in [0.15, 0.2) is 6.29 Å². The first-order valence-electron chi connectivity index (χ1n) is 8.36. The van der Waals surface area contributed by atoms with Crippen LogP contribution >= 0.6 is 11.6 Å². The van der Waals surface area contributed by atoms with Crippen molar-refractivity contribution >= 4 is 11.6 Å². The summed E-state index contributed by atoms with van der Waals surface area (Å²) in [4.78, 5) is 2.32. The molecule has 0 amide bonds. The SMILES string of the molecule is Clc1ccccc1-c1nnc(CN2CCCCC2C2OCCO2)o1. The summed E-state index contributed by atoms with van der Waals surface area (Å²) in [5.74, 6) is 1.05. The third-order valence-corrected chi connectivity index (χ3v) is 4.87. The van der Waals surface area contributed by atoms with Crippen molar-refractivity contribution in [1.82, 2.24) is 15.1 Å². The van der Waals surface area contributed by atoms with Crippen molar-refractivity contribution in [2.24, 2.45) is 0 Å². The summed E-state index contributed by atoms with van der Waals surface area (Å²) in [6.45, 7) is 2.93. The Balaban J connectivity index is 1.49. The highest BCUT2D eigenvalue weighted by molar-refractivity contribution is 6.33. The predicted octanol–water partition coefficient (Wildman–Crippen LogP) is 3.12. The van der Waals surface area contributed by atoms with E-state index >= 15 is 0 Å². The normalized spacial score (nSPS) is 23.0. The molecule has 7 heteroatoms. The number of ether oxygens (including phenoxy) is 2. The van der Waals surface area contributed by atoms with E-state index in [1.165, 1.54) is 6.42 Å². The number of halogens is 1. The summed E-state index contributed by atoms with van der Waals surface area (Å²) >= 11 is 6.20. The largest absolute Gasteiger partial charge is 0.419 e. The maximum absolute atomic E-state index is 6.20. The van der Waals surface area contributed by atoms with Crippen LogP contribution < -0.4 is 0 Å². The zero-order chi connectivity index (χ0) is 16.4. The van der Waals surface area contributed by atoms with E-state index in [1.807, 2.05) is 24.3 Å². The molecule has 2 saturated heterocycles. The van der Waals surface area contributed by atoms with Crippen molar-refractivity contribution in [2.45, 2.75) is 38.1 Å². The van der Waals surface area contributed by atoms with Gasteiger partial charge in [-0.05, 0) is 31.5 Å². The minimum absolute atomic E-state index is 0.142. The molecule has 1 aromatic carbocycles. The summed E-state index contributed by atoms with van der Waals surface area (Å²) in [6.07, 6.45) is 3.28. The molecular formula is C17H20ClN3O3. The van der Waals surface area contributed by atoms with E-state index in [2.05, 4.69) is 15.1 Å². The second kappa shape index (κ2) is 7.19. The smallest absolute Gasteiger partial charge is 0.249 e. The fourth-order valence-electron chi connectivity index (χ4n) is 3.35. The molecule has 24 heavy (non-hydrogen) atoms. The monoisotopic (exact) mass is 349 g/mol. The quantitative estimate of drug-likeness (QED) is 0.845. The molecule has 2 aliphatic rings. The van der Waals surface area contributed by atoms with Crippen molar-refractivity contribution in [2.75, 3.05) is 19.8 Å². The third kappa shape index (κ3) is 3.32. The van der Waals surface area contributed by atoms with Crippen molar-refractivity contribution < 1.29 is 13.9 Å². The lowest BCUT2D eigenvalue weighted by Gasteiger charge is -2.37. The molecule has 2 fully saturated rings. The summed E-state index contributed by atoms with van der Waals surface area (Å²) in [7, 11) is 0. The van der Waals surface area contributed by atoms with Gasteiger partial charge >= 0.3 is 0 Å². The van der Waals surface area contributed by atoms with Gasteiger partial charge in [0.25, 0.3) is 0 Å². The molecule has 0 saturated carbocycles. The molecule has 0 N–H and O–H groups in total. The van der Waals surface area contributed by atoms with E-state index in [0.29, 0.717) is 36.6 Å². The van der Waals surface area contributed by atoms with Gasteiger partial charge in [-0.1, -0.05) is 30.2 Å². The van der Waals surface area contributed by atoms with Crippen LogP contribution in [0, 0.1) is 0 Å². The number of benzene rings is 1. The topological polar surface area (TPSA) is 60.6 Å². The van der Waals surface area contributed by atoms with Crippen LogP contribution in [-0.4, -0.2) is 47.2 Å². The summed E-state index contributed by atoms with van der Waals surface area (Å²) < 4.78 is 17.2. The minimum Gasteiger partial charge on any atom is -0.419 e. The summed E-state index contributed by atoms with van der Waals surface area (Å²) in [6, 6.07) is 7.72. The predicted molar refractivity (Wildman–Crippen MR) is 88.5 cm³/mol. The van der Waals surface area contributed by atoms with Gasteiger partial charge in [0.05, 0.1) is 36.4 Å². The lowest BCUT2D eigenvalue weighted by atomic mass is 10.0. The van der Waals surface area contributed by atoms with E-state index < -0.39 is 0 Å². The fraction of sp³-hybridized carbons (Fsp3) is 0.529. The molecule has 1 aromatic heterocycles. The molecule has 1 unspecified atom stereocenters. The van der Waals surface area contributed by atoms with E-state index in [4.69, 9.17) is 25.5 Å². The Bertz CT molecular complexity index is 687. The molecule has 6 nitrogen and oxygen atoms in total. The molecular weight excluding hydrogens is 330 g/mol. The highest BCUT2D eigenvalue weighted by Crippen LogP contribution is 2.28. The van der Waals surface area contributed by atoms with Crippen LogP contribution in [0.2, 0.25) is 5.02 Å². The average Bonchev–Trinajstić information content (AvgIpc) is 3.28. The fourth-order valence-corrected chi connectivity index (χ4v) is 3.57. The van der Waals surface area contributed by atoms with Gasteiger partial charge in [-0.15, -0.1) is 10.2 Å². The van der Waals surface area contributed by atoms with Crippen molar-refractivity contribution in [3.8, 4) is 11.5 Å². The number of nitrogens with zero attached hydrogens (tertiary/aromatic N) is 3. The van der Waals surface area contributed by atoms with Gasteiger partial charge in [0.2, 0.25) is 11.8 Å². The Morgan fingerprint density at radius 2 is 1.96 bits per heavy atom. The van der Waals surface area contributed by atoms with Crippen LogP contribution in [0.4, 0.5) is 0 Å².